The fourth-order valence-electron chi connectivity index (χ4n) is 5.27. The smallest absolute Gasteiger partial charge is 0.00535 e. The molecule has 1 atom stereocenters. The Morgan fingerprint density at radius 3 is 2.27 bits per heavy atom. The van der Waals surface area contributed by atoms with E-state index in [0.29, 0.717) is 5.92 Å². The highest BCUT2D eigenvalue weighted by atomic mass is 14.3. The summed E-state index contributed by atoms with van der Waals surface area (Å²) in [6, 6.07) is 18.4. The van der Waals surface area contributed by atoms with E-state index in [0.717, 1.165) is 6.42 Å². The van der Waals surface area contributed by atoms with Crippen LogP contribution >= 0.6 is 0 Å². The van der Waals surface area contributed by atoms with E-state index in [9.17, 15) is 0 Å². The summed E-state index contributed by atoms with van der Waals surface area (Å²) in [6.07, 6.45) is 11.2. The Morgan fingerprint density at radius 2 is 1.60 bits per heavy atom. The maximum Gasteiger partial charge on any atom is 0.00535 e. The topological polar surface area (TPSA) is 0 Å². The Hall–Kier alpha value is -2.34. The van der Waals surface area contributed by atoms with Crippen LogP contribution in [0.1, 0.15) is 77.3 Å². The second-order valence-corrected chi connectivity index (χ2v) is 9.30. The van der Waals surface area contributed by atoms with Crippen LogP contribution in [0.3, 0.4) is 0 Å². The minimum absolute atomic E-state index is 0.598. The lowest BCUT2D eigenvalue weighted by molar-refractivity contribution is 0.654. The van der Waals surface area contributed by atoms with Crippen molar-refractivity contribution in [3.63, 3.8) is 0 Å². The zero-order valence-electron chi connectivity index (χ0n) is 19.2. The van der Waals surface area contributed by atoms with Crippen LogP contribution in [-0.2, 0) is 6.42 Å². The molecule has 0 heteroatoms. The van der Waals surface area contributed by atoms with Gasteiger partial charge in [0.15, 0.2) is 0 Å². The Bertz CT molecular complexity index is 995. The number of allylic oxidation sites excluding steroid dienone is 6. The standard InChI is InChI=1S/C30H36/c1-5-6-11-26-19-22(3)23(4)30(26)20-24-15-17-25(18-16-24)28-12-7-8-13-29(28)27-14-9-10-21(27)2/h7-8,12-13,15-19,30H,5-6,9-11,14,20H2,1-4H3. The Kier molecular flexibility index (Phi) is 6.42. The average Bonchev–Trinajstić information content (AvgIpc) is 3.31. The third-order valence-electron chi connectivity index (χ3n) is 7.26. The Labute approximate surface area is 183 Å². The Balaban J connectivity index is 1.56. The lowest BCUT2D eigenvalue weighted by Gasteiger charge is -2.18. The van der Waals surface area contributed by atoms with Gasteiger partial charge in [-0.1, -0.05) is 90.2 Å². The molecular formula is C30H36. The molecule has 156 valence electrons. The highest BCUT2D eigenvalue weighted by Gasteiger charge is 2.23. The van der Waals surface area contributed by atoms with E-state index in [1.165, 1.54) is 66.4 Å². The fraction of sp³-hybridized carbons (Fsp3) is 0.400. The molecule has 0 fully saturated rings. The van der Waals surface area contributed by atoms with Gasteiger partial charge in [0.05, 0.1) is 0 Å². The minimum atomic E-state index is 0.598. The summed E-state index contributed by atoms with van der Waals surface area (Å²) in [4.78, 5) is 0. The van der Waals surface area contributed by atoms with Crippen molar-refractivity contribution >= 4 is 5.57 Å². The van der Waals surface area contributed by atoms with Crippen molar-refractivity contribution in [2.75, 3.05) is 0 Å². The van der Waals surface area contributed by atoms with E-state index in [1.807, 2.05) is 0 Å². The van der Waals surface area contributed by atoms with Crippen molar-refractivity contribution in [3.8, 4) is 11.1 Å². The van der Waals surface area contributed by atoms with Crippen molar-refractivity contribution in [1.82, 2.24) is 0 Å². The van der Waals surface area contributed by atoms with Gasteiger partial charge in [0.25, 0.3) is 0 Å². The van der Waals surface area contributed by atoms with Gasteiger partial charge in [-0.15, -0.1) is 0 Å². The van der Waals surface area contributed by atoms with Crippen molar-refractivity contribution in [2.24, 2.45) is 5.92 Å². The predicted octanol–water partition coefficient (Wildman–Crippen LogP) is 8.94. The average molecular weight is 397 g/mol. The number of hydrogen-bond acceptors (Lipinski definition) is 0. The van der Waals surface area contributed by atoms with Crippen LogP contribution in [0.2, 0.25) is 0 Å². The molecule has 2 aromatic carbocycles. The summed E-state index contributed by atoms with van der Waals surface area (Å²) < 4.78 is 0. The van der Waals surface area contributed by atoms with E-state index in [2.05, 4.69) is 82.3 Å². The van der Waals surface area contributed by atoms with Crippen LogP contribution in [0.4, 0.5) is 0 Å². The molecule has 2 aliphatic rings. The molecule has 0 aromatic heterocycles. The van der Waals surface area contributed by atoms with E-state index >= 15 is 0 Å². The van der Waals surface area contributed by atoms with E-state index in [-0.39, 0.29) is 0 Å². The first kappa shape index (κ1) is 20.9. The van der Waals surface area contributed by atoms with Crippen molar-refractivity contribution in [3.05, 3.63) is 88.0 Å². The van der Waals surface area contributed by atoms with E-state index in [4.69, 9.17) is 0 Å². The largest absolute Gasteiger partial charge is 0.0695 e. The van der Waals surface area contributed by atoms with Gasteiger partial charge in [0.1, 0.15) is 0 Å². The molecule has 0 spiro atoms. The van der Waals surface area contributed by atoms with Gasteiger partial charge in [0.2, 0.25) is 0 Å². The van der Waals surface area contributed by atoms with Crippen LogP contribution in [0.15, 0.2) is 76.9 Å². The number of rotatable bonds is 7. The lowest BCUT2D eigenvalue weighted by Crippen LogP contribution is -2.07. The normalized spacial score (nSPS) is 19.1. The summed E-state index contributed by atoms with van der Waals surface area (Å²) in [7, 11) is 0. The predicted molar refractivity (Wildman–Crippen MR) is 131 cm³/mol. The summed E-state index contributed by atoms with van der Waals surface area (Å²) in [5, 5.41) is 0. The SMILES string of the molecule is CCCCC1=CC(C)=C(C)C1Cc1ccc(-c2ccccc2C2=C(C)CCC2)cc1. The molecular weight excluding hydrogens is 360 g/mol. The van der Waals surface area contributed by atoms with Gasteiger partial charge >= 0.3 is 0 Å². The molecule has 30 heavy (non-hydrogen) atoms. The maximum absolute atomic E-state index is 2.46. The molecule has 0 heterocycles. The second-order valence-electron chi connectivity index (χ2n) is 9.30. The summed E-state index contributed by atoms with van der Waals surface area (Å²) in [6.45, 7) is 9.21. The van der Waals surface area contributed by atoms with Crippen LogP contribution in [0.5, 0.6) is 0 Å². The van der Waals surface area contributed by atoms with E-state index in [1.54, 1.807) is 22.3 Å². The van der Waals surface area contributed by atoms with Gasteiger partial charge in [-0.25, -0.2) is 0 Å². The quantitative estimate of drug-likeness (QED) is 0.438. The van der Waals surface area contributed by atoms with Crippen molar-refractivity contribution < 1.29 is 0 Å². The van der Waals surface area contributed by atoms with Crippen molar-refractivity contribution in [1.29, 1.82) is 0 Å². The van der Waals surface area contributed by atoms with Crippen molar-refractivity contribution in [2.45, 2.75) is 72.6 Å². The molecule has 0 amide bonds. The highest BCUT2D eigenvalue weighted by Crippen LogP contribution is 2.39. The number of hydrogen-bond donors (Lipinski definition) is 0. The molecule has 0 radical (unpaired) electrons. The van der Waals surface area contributed by atoms with Gasteiger partial charge in [0, 0.05) is 5.92 Å². The molecule has 2 aromatic rings. The van der Waals surface area contributed by atoms with Gasteiger partial charge < -0.3 is 0 Å². The summed E-state index contributed by atoms with van der Waals surface area (Å²) in [5.41, 5.74) is 13.5. The number of benzene rings is 2. The first-order valence-electron chi connectivity index (χ1n) is 11.8. The van der Waals surface area contributed by atoms with Crippen LogP contribution in [0, 0.1) is 5.92 Å². The van der Waals surface area contributed by atoms with Gasteiger partial charge in [-0.3, -0.25) is 0 Å². The van der Waals surface area contributed by atoms with Crippen LogP contribution in [-0.4, -0.2) is 0 Å². The molecule has 0 aliphatic heterocycles. The summed E-state index contributed by atoms with van der Waals surface area (Å²) in [5.74, 6) is 0.598. The molecule has 2 aliphatic carbocycles. The minimum Gasteiger partial charge on any atom is -0.0695 e. The first-order valence-corrected chi connectivity index (χ1v) is 11.8. The third-order valence-corrected chi connectivity index (χ3v) is 7.26. The highest BCUT2D eigenvalue weighted by molar-refractivity contribution is 5.83. The van der Waals surface area contributed by atoms with E-state index < -0.39 is 0 Å². The molecule has 0 bridgehead atoms. The lowest BCUT2D eigenvalue weighted by atomic mass is 9.86. The fourth-order valence-corrected chi connectivity index (χ4v) is 5.27. The molecule has 0 saturated heterocycles. The molecule has 0 N–H and O–H groups in total. The molecule has 1 unspecified atom stereocenters. The van der Waals surface area contributed by atoms with Gasteiger partial charge in [-0.05, 0) is 87.1 Å². The Morgan fingerprint density at radius 1 is 0.867 bits per heavy atom. The first-order chi connectivity index (χ1) is 14.6. The monoisotopic (exact) mass is 396 g/mol. The molecule has 0 saturated carbocycles. The summed E-state index contributed by atoms with van der Waals surface area (Å²) >= 11 is 0. The number of unbranched alkanes of at least 4 members (excludes halogenated alkanes) is 1. The molecule has 4 rings (SSSR count). The zero-order valence-corrected chi connectivity index (χ0v) is 19.2. The molecule has 0 nitrogen and oxygen atoms in total. The third kappa shape index (κ3) is 4.24. The maximum atomic E-state index is 2.46. The zero-order chi connectivity index (χ0) is 21.1. The second kappa shape index (κ2) is 9.21. The van der Waals surface area contributed by atoms with Crippen LogP contribution in [0.25, 0.3) is 16.7 Å². The van der Waals surface area contributed by atoms with Gasteiger partial charge in [-0.2, -0.15) is 0 Å². The van der Waals surface area contributed by atoms with Crippen LogP contribution < -0.4 is 0 Å².